The summed E-state index contributed by atoms with van der Waals surface area (Å²) in [6, 6.07) is 17.7. The number of aryl methyl sites for hydroxylation is 1. The van der Waals surface area contributed by atoms with E-state index in [-0.39, 0.29) is 17.3 Å². The van der Waals surface area contributed by atoms with Crippen LogP contribution in [0.1, 0.15) is 27.0 Å². The van der Waals surface area contributed by atoms with Crippen LogP contribution in [0.2, 0.25) is 0 Å². The van der Waals surface area contributed by atoms with Gasteiger partial charge < -0.3 is 14.4 Å². The Hall–Kier alpha value is -3.36. The first-order chi connectivity index (χ1) is 15.8. The van der Waals surface area contributed by atoms with Gasteiger partial charge in [0.1, 0.15) is 0 Å². The van der Waals surface area contributed by atoms with Gasteiger partial charge in [0.25, 0.3) is 5.91 Å². The highest BCUT2D eigenvalue weighted by atomic mass is 32.2. The molecule has 0 bridgehead atoms. The van der Waals surface area contributed by atoms with Crippen molar-refractivity contribution in [3.8, 4) is 11.5 Å². The fourth-order valence-corrected chi connectivity index (χ4v) is 4.96. The Kier molecular flexibility index (Phi) is 6.40. The van der Waals surface area contributed by atoms with Crippen molar-refractivity contribution in [3.05, 3.63) is 82.9 Å². The van der Waals surface area contributed by atoms with E-state index >= 15 is 0 Å². The molecule has 0 aromatic heterocycles. The largest absolute Gasteiger partial charge is 0.493 e. The van der Waals surface area contributed by atoms with Crippen LogP contribution >= 0.6 is 0 Å². The van der Waals surface area contributed by atoms with Gasteiger partial charge in [0.2, 0.25) is 10.0 Å². The Morgan fingerprint density at radius 3 is 2.52 bits per heavy atom. The molecular formula is C25H26N2O5S. The lowest BCUT2D eigenvalue weighted by atomic mass is 10.1. The van der Waals surface area contributed by atoms with Crippen molar-refractivity contribution < 1.29 is 22.7 Å². The van der Waals surface area contributed by atoms with Crippen molar-refractivity contribution in [1.82, 2.24) is 4.72 Å². The predicted octanol–water partition coefficient (Wildman–Crippen LogP) is 3.69. The number of hydrogen-bond acceptors (Lipinski definition) is 5. The van der Waals surface area contributed by atoms with E-state index in [0.29, 0.717) is 23.6 Å². The first-order valence-corrected chi connectivity index (χ1v) is 12.0. The van der Waals surface area contributed by atoms with Gasteiger partial charge in [-0.15, -0.1) is 0 Å². The van der Waals surface area contributed by atoms with Crippen molar-refractivity contribution >= 4 is 21.6 Å². The SMILES string of the molecule is COc1ccc(S(=O)(=O)NCc2ccc3c(c2)N(C(=O)c2cccc(C)c2)CC3)cc1OC. The highest BCUT2D eigenvalue weighted by Crippen LogP contribution is 2.31. The number of anilines is 1. The number of rotatable bonds is 7. The van der Waals surface area contributed by atoms with Crippen LogP contribution in [0.25, 0.3) is 0 Å². The Bertz CT molecular complexity index is 1300. The summed E-state index contributed by atoms with van der Waals surface area (Å²) in [5, 5.41) is 0. The number of nitrogens with one attached hydrogen (secondary N) is 1. The first kappa shape index (κ1) is 22.8. The number of carbonyl (C=O) groups excluding carboxylic acids is 1. The summed E-state index contributed by atoms with van der Waals surface area (Å²) >= 11 is 0. The molecule has 0 radical (unpaired) electrons. The van der Waals surface area contributed by atoms with Gasteiger partial charge in [0, 0.05) is 30.4 Å². The summed E-state index contributed by atoms with van der Waals surface area (Å²) in [7, 11) is -0.828. The zero-order chi connectivity index (χ0) is 23.6. The number of ether oxygens (including phenoxy) is 2. The molecule has 7 nitrogen and oxygen atoms in total. The van der Waals surface area contributed by atoms with Crippen molar-refractivity contribution in [2.75, 3.05) is 25.7 Å². The van der Waals surface area contributed by atoms with Crippen LogP contribution in [0.4, 0.5) is 5.69 Å². The lowest BCUT2D eigenvalue weighted by Crippen LogP contribution is -2.29. The molecule has 0 spiro atoms. The molecule has 0 atom stereocenters. The van der Waals surface area contributed by atoms with Crippen molar-refractivity contribution in [2.24, 2.45) is 0 Å². The Labute approximate surface area is 194 Å². The standard InChI is InChI=1S/C25H26N2O5S/c1-17-5-4-6-20(13-17)25(28)27-12-11-19-8-7-18(14-22(19)27)16-26-33(29,30)21-9-10-23(31-2)24(15-21)32-3/h4-10,13-15,26H,11-12,16H2,1-3H3. The fourth-order valence-electron chi connectivity index (χ4n) is 3.93. The van der Waals surface area contributed by atoms with Crippen LogP contribution in [0.5, 0.6) is 11.5 Å². The van der Waals surface area contributed by atoms with Crippen molar-refractivity contribution in [2.45, 2.75) is 24.8 Å². The van der Waals surface area contributed by atoms with E-state index < -0.39 is 10.0 Å². The average Bonchev–Trinajstić information content (AvgIpc) is 3.25. The average molecular weight is 467 g/mol. The second kappa shape index (κ2) is 9.25. The minimum absolute atomic E-state index is 0.0551. The maximum absolute atomic E-state index is 13.1. The van der Waals surface area contributed by atoms with E-state index in [9.17, 15) is 13.2 Å². The molecule has 3 aromatic rings. The van der Waals surface area contributed by atoms with E-state index in [0.717, 1.165) is 28.8 Å². The number of benzene rings is 3. The number of amides is 1. The lowest BCUT2D eigenvalue weighted by molar-refractivity contribution is 0.0989. The van der Waals surface area contributed by atoms with Gasteiger partial charge in [0.05, 0.1) is 19.1 Å². The molecule has 1 N–H and O–H groups in total. The van der Waals surface area contributed by atoms with E-state index in [4.69, 9.17) is 9.47 Å². The summed E-state index contributed by atoms with van der Waals surface area (Å²) in [5.41, 5.74) is 4.33. The van der Waals surface area contributed by atoms with E-state index in [1.807, 2.05) is 49.4 Å². The molecule has 0 saturated carbocycles. The third kappa shape index (κ3) is 4.72. The summed E-state index contributed by atoms with van der Waals surface area (Å²) in [6.07, 6.45) is 0.768. The van der Waals surface area contributed by atoms with Crippen LogP contribution in [0, 0.1) is 6.92 Å². The molecule has 8 heteroatoms. The Morgan fingerprint density at radius 2 is 1.79 bits per heavy atom. The van der Waals surface area contributed by atoms with Crippen LogP contribution in [-0.4, -0.2) is 35.1 Å². The smallest absolute Gasteiger partial charge is 0.258 e. The molecule has 0 fully saturated rings. The molecule has 0 aliphatic carbocycles. The van der Waals surface area contributed by atoms with Crippen LogP contribution in [-0.2, 0) is 23.0 Å². The van der Waals surface area contributed by atoms with Gasteiger partial charge >= 0.3 is 0 Å². The minimum Gasteiger partial charge on any atom is -0.493 e. The maximum Gasteiger partial charge on any atom is 0.258 e. The molecule has 1 heterocycles. The number of nitrogens with zero attached hydrogens (tertiary/aromatic N) is 1. The molecule has 1 amide bonds. The van der Waals surface area contributed by atoms with Gasteiger partial charge in [-0.1, -0.05) is 29.8 Å². The van der Waals surface area contributed by atoms with Crippen molar-refractivity contribution in [3.63, 3.8) is 0 Å². The highest BCUT2D eigenvalue weighted by Gasteiger charge is 2.26. The van der Waals surface area contributed by atoms with Gasteiger partial charge in [0.15, 0.2) is 11.5 Å². The molecule has 33 heavy (non-hydrogen) atoms. The van der Waals surface area contributed by atoms with Crippen LogP contribution in [0.15, 0.2) is 65.6 Å². The molecule has 0 unspecified atom stereocenters. The van der Waals surface area contributed by atoms with Crippen molar-refractivity contribution in [1.29, 1.82) is 0 Å². The molecule has 4 rings (SSSR count). The Morgan fingerprint density at radius 1 is 1.00 bits per heavy atom. The summed E-state index contributed by atoms with van der Waals surface area (Å²) < 4.78 is 38.7. The van der Waals surface area contributed by atoms with E-state index in [1.54, 1.807) is 11.0 Å². The number of sulfonamides is 1. The van der Waals surface area contributed by atoms with Gasteiger partial charge in [-0.3, -0.25) is 4.79 Å². The van der Waals surface area contributed by atoms with Crippen LogP contribution < -0.4 is 19.1 Å². The second-order valence-corrected chi connectivity index (χ2v) is 9.65. The van der Waals surface area contributed by atoms with Gasteiger partial charge in [-0.2, -0.15) is 0 Å². The Balaban J connectivity index is 1.53. The quantitative estimate of drug-likeness (QED) is 0.574. The topological polar surface area (TPSA) is 84.9 Å². The molecule has 3 aromatic carbocycles. The number of fused-ring (bicyclic) bond motifs is 1. The maximum atomic E-state index is 13.1. The normalized spacial score (nSPS) is 13.0. The lowest BCUT2D eigenvalue weighted by Gasteiger charge is -2.18. The number of hydrogen-bond donors (Lipinski definition) is 1. The minimum atomic E-state index is -3.77. The zero-order valence-corrected chi connectivity index (χ0v) is 19.6. The molecule has 1 aliphatic heterocycles. The fraction of sp³-hybridized carbons (Fsp3) is 0.240. The third-order valence-corrected chi connectivity index (χ3v) is 7.09. The van der Waals surface area contributed by atoms with E-state index in [1.165, 1.54) is 26.4 Å². The molecule has 172 valence electrons. The molecule has 0 saturated heterocycles. The summed E-state index contributed by atoms with van der Waals surface area (Å²) in [5.74, 6) is 0.733. The van der Waals surface area contributed by atoms with Crippen LogP contribution in [0.3, 0.4) is 0 Å². The third-order valence-electron chi connectivity index (χ3n) is 5.69. The van der Waals surface area contributed by atoms with E-state index in [2.05, 4.69) is 4.72 Å². The molecule has 1 aliphatic rings. The second-order valence-electron chi connectivity index (χ2n) is 7.88. The summed E-state index contributed by atoms with van der Waals surface area (Å²) in [4.78, 5) is 14.9. The molecular weight excluding hydrogens is 440 g/mol. The summed E-state index contributed by atoms with van der Waals surface area (Å²) in [6.45, 7) is 2.65. The number of methoxy groups -OCH3 is 2. The van der Waals surface area contributed by atoms with Gasteiger partial charge in [-0.05, 0) is 54.8 Å². The monoisotopic (exact) mass is 466 g/mol. The first-order valence-electron chi connectivity index (χ1n) is 10.5. The highest BCUT2D eigenvalue weighted by molar-refractivity contribution is 7.89. The van der Waals surface area contributed by atoms with Gasteiger partial charge in [-0.25, -0.2) is 13.1 Å². The number of carbonyl (C=O) groups is 1. The predicted molar refractivity (Wildman–Crippen MR) is 127 cm³/mol. The zero-order valence-electron chi connectivity index (χ0n) is 18.8.